The number of rotatable bonds is 4. The molecule has 0 saturated heterocycles. The van der Waals surface area contributed by atoms with E-state index in [1.165, 1.54) is 19.2 Å². The maximum Gasteiger partial charge on any atom is 0.255 e. The Bertz CT molecular complexity index is 821. The first-order chi connectivity index (χ1) is 10.3. The molecule has 0 saturated carbocycles. The van der Waals surface area contributed by atoms with E-state index in [0.717, 1.165) is 6.07 Å². The molecule has 0 aromatic heterocycles. The average molecular weight is 341 g/mol. The van der Waals surface area contributed by atoms with E-state index in [0.29, 0.717) is 11.4 Å². The van der Waals surface area contributed by atoms with Crippen molar-refractivity contribution in [2.24, 2.45) is 5.14 Å². The molecule has 0 unspecified atom stereocenters. The van der Waals surface area contributed by atoms with Crippen LogP contribution in [0.1, 0.15) is 10.4 Å². The number of methoxy groups -OCH3 is 1. The van der Waals surface area contributed by atoms with E-state index in [4.69, 9.17) is 21.5 Å². The lowest BCUT2D eigenvalue weighted by Crippen LogP contribution is -2.16. The molecule has 0 aliphatic rings. The molecule has 1 amide bonds. The summed E-state index contributed by atoms with van der Waals surface area (Å²) in [6.45, 7) is 0. The van der Waals surface area contributed by atoms with Crippen LogP contribution in [0.25, 0.3) is 0 Å². The Labute approximate surface area is 132 Å². The van der Waals surface area contributed by atoms with E-state index < -0.39 is 15.9 Å². The van der Waals surface area contributed by atoms with E-state index in [-0.39, 0.29) is 15.5 Å². The third-order valence-electron chi connectivity index (χ3n) is 2.83. The summed E-state index contributed by atoms with van der Waals surface area (Å²) in [4.78, 5) is 11.9. The van der Waals surface area contributed by atoms with Gasteiger partial charge in [0.1, 0.15) is 10.6 Å². The van der Waals surface area contributed by atoms with E-state index >= 15 is 0 Å². The van der Waals surface area contributed by atoms with Crippen molar-refractivity contribution < 1.29 is 17.9 Å². The summed E-state index contributed by atoms with van der Waals surface area (Å²) in [5, 5.41) is 7.65. The van der Waals surface area contributed by atoms with Gasteiger partial charge in [-0.3, -0.25) is 4.79 Å². The minimum atomic E-state index is -4.00. The molecule has 0 heterocycles. The SMILES string of the molecule is COc1cccc(NC(=O)c2ccc(Cl)c(S(N)(=O)=O)c2)c1. The Morgan fingerprint density at radius 1 is 1.23 bits per heavy atom. The van der Waals surface area contributed by atoms with Gasteiger partial charge in [0.05, 0.1) is 12.1 Å². The number of carbonyl (C=O) groups excluding carboxylic acids is 1. The van der Waals surface area contributed by atoms with Crippen LogP contribution >= 0.6 is 11.6 Å². The summed E-state index contributed by atoms with van der Waals surface area (Å²) in [5.74, 6) is 0.0916. The summed E-state index contributed by atoms with van der Waals surface area (Å²) in [7, 11) is -2.49. The van der Waals surface area contributed by atoms with Crippen LogP contribution in [-0.2, 0) is 10.0 Å². The van der Waals surface area contributed by atoms with E-state index in [1.54, 1.807) is 24.3 Å². The summed E-state index contributed by atoms with van der Waals surface area (Å²) in [5.41, 5.74) is 0.632. The molecule has 2 aromatic carbocycles. The molecular formula is C14H13ClN2O4S. The lowest BCUT2D eigenvalue weighted by atomic mass is 10.2. The van der Waals surface area contributed by atoms with Crippen LogP contribution in [0, 0.1) is 0 Å². The molecule has 0 aliphatic heterocycles. The van der Waals surface area contributed by atoms with Gasteiger partial charge >= 0.3 is 0 Å². The van der Waals surface area contributed by atoms with Gasteiger partial charge in [0.25, 0.3) is 5.91 Å². The molecule has 0 spiro atoms. The molecule has 0 bridgehead atoms. The minimum Gasteiger partial charge on any atom is -0.497 e. The number of carbonyl (C=O) groups is 1. The highest BCUT2D eigenvalue weighted by Gasteiger charge is 2.16. The fourth-order valence-electron chi connectivity index (χ4n) is 1.77. The molecule has 0 atom stereocenters. The highest BCUT2D eigenvalue weighted by molar-refractivity contribution is 7.89. The Balaban J connectivity index is 2.30. The zero-order chi connectivity index (χ0) is 16.3. The van der Waals surface area contributed by atoms with Crippen LogP contribution in [-0.4, -0.2) is 21.4 Å². The largest absolute Gasteiger partial charge is 0.497 e. The van der Waals surface area contributed by atoms with E-state index in [1.807, 2.05) is 0 Å². The van der Waals surface area contributed by atoms with Gasteiger partial charge in [-0.25, -0.2) is 13.6 Å². The van der Waals surface area contributed by atoms with Crippen molar-refractivity contribution in [1.82, 2.24) is 0 Å². The van der Waals surface area contributed by atoms with Gasteiger partial charge in [-0.15, -0.1) is 0 Å². The molecule has 2 rings (SSSR count). The summed E-state index contributed by atoms with van der Waals surface area (Å²) >= 11 is 5.78. The second kappa shape index (κ2) is 6.35. The summed E-state index contributed by atoms with van der Waals surface area (Å²) in [6, 6.07) is 10.6. The molecule has 22 heavy (non-hydrogen) atoms. The fourth-order valence-corrected chi connectivity index (χ4v) is 2.84. The molecule has 0 fully saturated rings. The maximum absolute atomic E-state index is 12.2. The number of halogens is 1. The van der Waals surface area contributed by atoms with Gasteiger partial charge < -0.3 is 10.1 Å². The van der Waals surface area contributed by atoms with Crippen LogP contribution in [0.2, 0.25) is 5.02 Å². The smallest absolute Gasteiger partial charge is 0.255 e. The van der Waals surface area contributed by atoms with Gasteiger partial charge in [-0.05, 0) is 30.3 Å². The van der Waals surface area contributed by atoms with E-state index in [9.17, 15) is 13.2 Å². The van der Waals surface area contributed by atoms with Crippen molar-refractivity contribution in [2.45, 2.75) is 4.90 Å². The Morgan fingerprint density at radius 2 is 1.95 bits per heavy atom. The molecule has 2 aromatic rings. The highest BCUT2D eigenvalue weighted by atomic mass is 35.5. The lowest BCUT2D eigenvalue weighted by molar-refractivity contribution is 0.102. The van der Waals surface area contributed by atoms with Crippen LogP contribution in [0.4, 0.5) is 5.69 Å². The first-order valence-electron chi connectivity index (χ1n) is 6.09. The number of hydrogen-bond acceptors (Lipinski definition) is 4. The Hall–Kier alpha value is -2.09. The van der Waals surface area contributed by atoms with E-state index in [2.05, 4.69) is 5.32 Å². The molecule has 6 nitrogen and oxygen atoms in total. The van der Waals surface area contributed by atoms with Crippen molar-refractivity contribution >= 4 is 33.2 Å². The molecule has 3 N–H and O–H groups in total. The molecular weight excluding hydrogens is 328 g/mol. The number of amides is 1. The zero-order valence-corrected chi connectivity index (χ0v) is 13.1. The maximum atomic E-state index is 12.2. The first kappa shape index (κ1) is 16.3. The summed E-state index contributed by atoms with van der Waals surface area (Å²) < 4.78 is 27.9. The van der Waals surface area contributed by atoms with Crippen LogP contribution < -0.4 is 15.2 Å². The second-order valence-corrected chi connectivity index (χ2v) is 6.31. The number of sulfonamides is 1. The van der Waals surface area contributed by atoms with Crippen LogP contribution in [0.15, 0.2) is 47.4 Å². The fraction of sp³-hybridized carbons (Fsp3) is 0.0714. The number of nitrogens with two attached hydrogens (primary N) is 1. The molecule has 0 radical (unpaired) electrons. The lowest BCUT2D eigenvalue weighted by Gasteiger charge is -2.08. The molecule has 0 aliphatic carbocycles. The van der Waals surface area contributed by atoms with Crippen molar-refractivity contribution in [3.63, 3.8) is 0 Å². The van der Waals surface area contributed by atoms with Crippen molar-refractivity contribution in [3.05, 3.63) is 53.1 Å². The quantitative estimate of drug-likeness (QED) is 0.891. The van der Waals surface area contributed by atoms with Gasteiger partial charge in [-0.2, -0.15) is 0 Å². The number of benzene rings is 2. The standard InChI is InChI=1S/C14H13ClN2O4S/c1-21-11-4-2-3-10(8-11)17-14(18)9-5-6-12(15)13(7-9)22(16,19)20/h2-8H,1H3,(H,17,18)(H2,16,19,20). The predicted octanol–water partition coefficient (Wildman–Crippen LogP) is 2.25. The predicted molar refractivity (Wildman–Crippen MR) is 83.8 cm³/mol. The van der Waals surface area contributed by atoms with Gasteiger partial charge in [-0.1, -0.05) is 17.7 Å². The number of primary sulfonamides is 1. The average Bonchev–Trinajstić information content (AvgIpc) is 2.46. The monoisotopic (exact) mass is 340 g/mol. The van der Waals surface area contributed by atoms with Gasteiger partial charge in [0.2, 0.25) is 10.0 Å². The van der Waals surface area contributed by atoms with Crippen molar-refractivity contribution in [1.29, 1.82) is 0 Å². The van der Waals surface area contributed by atoms with Crippen LogP contribution in [0.5, 0.6) is 5.75 Å². The van der Waals surface area contributed by atoms with Crippen molar-refractivity contribution in [3.8, 4) is 5.75 Å². The second-order valence-electron chi connectivity index (χ2n) is 4.38. The topological polar surface area (TPSA) is 98.5 Å². The van der Waals surface area contributed by atoms with Crippen molar-refractivity contribution in [2.75, 3.05) is 12.4 Å². The minimum absolute atomic E-state index is 0.0413. The number of ether oxygens (including phenoxy) is 1. The normalized spacial score (nSPS) is 11.0. The number of hydrogen-bond donors (Lipinski definition) is 2. The Morgan fingerprint density at radius 3 is 2.59 bits per heavy atom. The Kier molecular flexibility index (Phi) is 4.70. The summed E-state index contributed by atoms with van der Waals surface area (Å²) in [6.07, 6.45) is 0. The zero-order valence-electron chi connectivity index (χ0n) is 11.5. The van der Waals surface area contributed by atoms with Gasteiger partial charge in [0.15, 0.2) is 0 Å². The third-order valence-corrected chi connectivity index (χ3v) is 4.22. The van der Waals surface area contributed by atoms with Gasteiger partial charge in [0, 0.05) is 17.3 Å². The number of anilines is 1. The molecule has 116 valence electrons. The molecule has 8 heteroatoms. The van der Waals surface area contributed by atoms with Crippen LogP contribution in [0.3, 0.4) is 0 Å². The first-order valence-corrected chi connectivity index (χ1v) is 8.01. The highest BCUT2D eigenvalue weighted by Crippen LogP contribution is 2.23. The number of nitrogens with one attached hydrogen (secondary N) is 1. The third kappa shape index (κ3) is 3.76.